The normalized spacial score (nSPS) is 35.9. The quantitative estimate of drug-likeness (QED) is 0.193. The highest BCUT2D eigenvalue weighted by Crippen LogP contribution is 2.51. The SMILES string of the molecule is O=P(O)(O)CC1[C@H](OP(=O)(O)O)[C@H](O)C(O)[C@H](O)[C@H]1OP(=O)(O)O. The van der Waals surface area contributed by atoms with Crippen molar-refractivity contribution in [3.63, 3.8) is 0 Å². The molecule has 0 heterocycles. The first-order valence-corrected chi connectivity index (χ1v) is 10.9. The lowest BCUT2D eigenvalue weighted by Gasteiger charge is -2.45. The highest BCUT2D eigenvalue weighted by Gasteiger charge is 2.55. The van der Waals surface area contributed by atoms with E-state index in [-0.39, 0.29) is 0 Å². The van der Waals surface area contributed by atoms with E-state index >= 15 is 0 Å². The van der Waals surface area contributed by atoms with Gasteiger partial charge in [0.2, 0.25) is 0 Å². The van der Waals surface area contributed by atoms with Crippen LogP contribution in [0.3, 0.4) is 0 Å². The lowest BCUT2D eigenvalue weighted by Crippen LogP contribution is -2.62. The van der Waals surface area contributed by atoms with E-state index in [9.17, 15) is 29.0 Å². The van der Waals surface area contributed by atoms with Gasteiger partial charge in [-0.2, -0.15) is 0 Å². The highest BCUT2D eigenvalue weighted by molar-refractivity contribution is 7.51. The molecule has 1 fully saturated rings. The van der Waals surface area contributed by atoms with E-state index < -0.39 is 65.8 Å². The molecule has 6 atom stereocenters. The maximum atomic E-state index is 11.2. The summed E-state index contributed by atoms with van der Waals surface area (Å²) in [7, 11) is -15.7. The molecule has 14 nitrogen and oxygen atoms in total. The fourth-order valence-corrected chi connectivity index (χ4v) is 4.53. The molecule has 144 valence electrons. The van der Waals surface area contributed by atoms with Gasteiger partial charge in [-0.05, 0) is 0 Å². The molecular weight excluding hydrogens is 401 g/mol. The van der Waals surface area contributed by atoms with Gasteiger partial charge in [0.15, 0.2) is 0 Å². The minimum Gasteiger partial charge on any atom is -0.388 e. The Hall–Kier alpha value is 0.250. The first-order valence-electron chi connectivity index (χ1n) is 6.08. The van der Waals surface area contributed by atoms with Gasteiger partial charge in [0.05, 0.1) is 6.16 Å². The Morgan fingerprint density at radius 1 is 0.667 bits per heavy atom. The van der Waals surface area contributed by atoms with Crippen LogP contribution < -0.4 is 0 Å². The van der Waals surface area contributed by atoms with Crippen LogP contribution in [0, 0.1) is 5.92 Å². The molecule has 0 saturated heterocycles. The Bertz CT molecular complexity index is 537. The third kappa shape index (κ3) is 6.52. The first-order chi connectivity index (χ1) is 10.5. The van der Waals surface area contributed by atoms with Crippen LogP contribution in [0.2, 0.25) is 0 Å². The fraction of sp³-hybridized carbons (Fsp3) is 1.00. The van der Waals surface area contributed by atoms with Crippen molar-refractivity contribution in [2.75, 3.05) is 6.16 Å². The lowest BCUT2D eigenvalue weighted by atomic mass is 9.79. The third-order valence-electron chi connectivity index (χ3n) is 3.18. The van der Waals surface area contributed by atoms with E-state index in [1.807, 2.05) is 0 Å². The zero-order valence-electron chi connectivity index (χ0n) is 11.6. The summed E-state index contributed by atoms with van der Waals surface area (Å²) in [5, 5.41) is 29.2. The second-order valence-corrected chi connectivity index (χ2v) is 9.18. The summed E-state index contributed by atoms with van der Waals surface area (Å²) in [6, 6.07) is 0. The second-order valence-electron chi connectivity index (χ2n) is 5.10. The molecule has 24 heavy (non-hydrogen) atoms. The molecule has 0 aromatic heterocycles. The van der Waals surface area contributed by atoms with E-state index in [0.29, 0.717) is 0 Å². The Kier molecular flexibility index (Phi) is 6.94. The summed E-state index contributed by atoms with van der Waals surface area (Å²) in [5.74, 6) is -1.97. The number of phosphoric acid groups is 2. The van der Waals surface area contributed by atoms with Crippen LogP contribution in [0.1, 0.15) is 0 Å². The zero-order valence-corrected chi connectivity index (χ0v) is 14.3. The van der Waals surface area contributed by atoms with Crippen LogP contribution in [-0.2, 0) is 22.7 Å². The van der Waals surface area contributed by atoms with E-state index in [2.05, 4.69) is 9.05 Å². The molecule has 0 bridgehead atoms. The Morgan fingerprint density at radius 2 is 1.00 bits per heavy atom. The molecule has 0 spiro atoms. The summed E-state index contributed by atoms with van der Waals surface area (Å²) in [6.45, 7) is 0. The molecule has 0 radical (unpaired) electrons. The Morgan fingerprint density at radius 3 is 1.25 bits per heavy atom. The van der Waals surface area contributed by atoms with E-state index in [4.69, 9.17) is 29.4 Å². The molecule has 0 aliphatic heterocycles. The molecule has 0 aromatic rings. The minimum absolute atomic E-state index is 1.32. The van der Waals surface area contributed by atoms with Crippen molar-refractivity contribution >= 4 is 23.2 Å². The summed E-state index contributed by atoms with van der Waals surface area (Å²) in [4.78, 5) is 53.3. The summed E-state index contributed by atoms with van der Waals surface area (Å²) >= 11 is 0. The molecule has 1 saturated carbocycles. The summed E-state index contributed by atoms with van der Waals surface area (Å²) in [5.41, 5.74) is 0. The van der Waals surface area contributed by atoms with Crippen LogP contribution in [0.25, 0.3) is 0 Å². The standard InChI is InChI=1S/C7H17O14P3/c8-3-4(9)6(20-23(14,15)16)2(1-22(11,12)13)7(5(3)10)21-24(17,18)19/h2-10H,1H2,(H2,11,12,13)(H2,14,15,16)(H2,17,18,19)/t2?,3?,4-,5+,6-,7-/m0/s1. The third-order valence-corrected chi connectivity index (χ3v) is 5.12. The van der Waals surface area contributed by atoms with Gasteiger partial charge in [-0.1, -0.05) is 0 Å². The molecule has 0 amide bonds. The van der Waals surface area contributed by atoms with Gasteiger partial charge in [-0.15, -0.1) is 0 Å². The van der Waals surface area contributed by atoms with Gasteiger partial charge < -0.3 is 44.7 Å². The zero-order chi connectivity index (χ0) is 19.1. The predicted octanol–water partition coefficient (Wildman–Crippen LogP) is -3.17. The molecule has 17 heteroatoms. The molecule has 9 N–H and O–H groups in total. The lowest BCUT2D eigenvalue weighted by molar-refractivity contribution is -0.192. The number of aliphatic hydroxyl groups is 3. The highest BCUT2D eigenvalue weighted by atomic mass is 31.2. The van der Waals surface area contributed by atoms with Crippen LogP contribution in [0.15, 0.2) is 0 Å². The van der Waals surface area contributed by atoms with E-state index in [1.54, 1.807) is 0 Å². The van der Waals surface area contributed by atoms with Crippen LogP contribution in [0.5, 0.6) is 0 Å². The van der Waals surface area contributed by atoms with Crippen molar-refractivity contribution in [3.8, 4) is 0 Å². The monoisotopic (exact) mass is 418 g/mol. The topological polar surface area (TPSA) is 252 Å². The molecule has 1 rings (SSSR count). The minimum atomic E-state index is -5.35. The number of rotatable bonds is 6. The van der Waals surface area contributed by atoms with Crippen LogP contribution in [0.4, 0.5) is 0 Å². The van der Waals surface area contributed by atoms with Gasteiger partial charge in [0.25, 0.3) is 0 Å². The second kappa shape index (κ2) is 7.47. The van der Waals surface area contributed by atoms with Crippen molar-refractivity contribution in [3.05, 3.63) is 0 Å². The van der Waals surface area contributed by atoms with Crippen molar-refractivity contribution in [2.45, 2.75) is 30.5 Å². The average molecular weight is 418 g/mol. The van der Waals surface area contributed by atoms with Crippen molar-refractivity contribution < 1.29 is 67.4 Å². The van der Waals surface area contributed by atoms with E-state index in [1.165, 1.54) is 0 Å². The van der Waals surface area contributed by atoms with Gasteiger partial charge in [-0.25, -0.2) is 9.13 Å². The Balaban J connectivity index is 3.32. The average Bonchev–Trinajstić information content (AvgIpc) is 2.32. The summed E-state index contributed by atoms with van der Waals surface area (Å²) in [6.07, 6.45) is -12.4. The summed E-state index contributed by atoms with van der Waals surface area (Å²) < 4.78 is 41.5. The van der Waals surface area contributed by atoms with Crippen molar-refractivity contribution in [1.82, 2.24) is 0 Å². The first kappa shape index (κ1) is 22.3. The van der Waals surface area contributed by atoms with Gasteiger partial charge in [-0.3, -0.25) is 13.6 Å². The van der Waals surface area contributed by atoms with Crippen molar-refractivity contribution in [2.24, 2.45) is 5.92 Å². The maximum absolute atomic E-state index is 11.2. The number of hydrogen-bond acceptors (Lipinski definition) is 8. The number of aliphatic hydroxyl groups excluding tert-OH is 3. The molecule has 1 aliphatic rings. The fourth-order valence-electron chi connectivity index (χ4n) is 2.36. The Labute approximate surface area is 134 Å². The molecular formula is C7H17O14P3. The van der Waals surface area contributed by atoms with Gasteiger partial charge in [0.1, 0.15) is 30.5 Å². The molecule has 0 aromatic carbocycles. The smallest absolute Gasteiger partial charge is 0.388 e. The van der Waals surface area contributed by atoms with Gasteiger partial charge >= 0.3 is 23.2 Å². The van der Waals surface area contributed by atoms with Crippen molar-refractivity contribution in [1.29, 1.82) is 0 Å². The largest absolute Gasteiger partial charge is 0.469 e. The maximum Gasteiger partial charge on any atom is 0.469 e. The molecule has 1 aliphatic carbocycles. The van der Waals surface area contributed by atoms with Crippen LogP contribution in [-0.4, -0.2) is 81.4 Å². The van der Waals surface area contributed by atoms with Crippen LogP contribution >= 0.6 is 23.2 Å². The van der Waals surface area contributed by atoms with E-state index in [0.717, 1.165) is 0 Å². The molecule has 2 unspecified atom stereocenters. The van der Waals surface area contributed by atoms with Gasteiger partial charge in [0, 0.05) is 5.92 Å². The number of phosphoric ester groups is 2. The predicted molar refractivity (Wildman–Crippen MR) is 72.3 cm³/mol. The number of hydrogen-bond donors (Lipinski definition) is 9.